The number of nitrogen functional groups attached to an aromatic ring is 1. The lowest BCUT2D eigenvalue weighted by Crippen LogP contribution is -2.23. The average molecular weight is 369 g/mol. The summed E-state index contributed by atoms with van der Waals surface area (Å²) in [5.74, 6) is 0.300. The van der Waals surface area contributed by atoms with Crippen LogP contribution in [-0.2, 0) is 6.54 Å². The Morgan fingerprint density at radius 2 is 2.04 bits per heavy atom. The zero-order valence-corrected chi connectivity index (χ0v) is 15.7. The molecule has 2 heterocycles. The van der Waals surface area contributed by atoms with Crippen molar-refractivity contribution in [2.75, 3.05) is 5.73 Å². The van der Waals surface area contributed by atoms with Gasteiger partial charge in [0.2, 0.25) is 0 Å². The Bertz CT molecular complexity index is 978. The first-order chi connectivity index (χ1) is 12.4. The van der Waals surface area contributed by atoms with Crippen LogP contribution in [0.4, 0.5) is 5.82 Å². The number of hydrogen-bond donors (Lipinski definition) is 3. The number of amides is 1. The van der Waals surface area contributed by atoms with Crippen LogP contribution in [0.15, 0.2) is 36.5 Å². The predicted molar refractivity (Wildman–Crippen MR) is 105 cm³/mol. The van der Waals surface area contributed by atoms with Gasteiger partial charge in [-0.3, -0.25) is 4.79 Å². The van der Waals surface area contributed by atoms with E-state index in [4.69, 9.17) is 17.3 Å². The minimum atomic E-state index is -0.156. The molecule has 6 heteroatoms. The van der Waals surface area contributed by atoms with Gasteiger partial charge in [0.15, 0.2) is 0 Å². The summed E-state index contributed by atoms with van der Waals surface area (Å²) in [5, 5.41) is 3.59. The lowest BCUT2D eigenvalue weighted by Gasteiger charge is -2.08. The third-order valence-corrected chi connectivity index (χ3v) is 4.64. The Labute approximate surface area is 157 Å². The molecule has 1 amide bonds. The van der Waals surface area contributed by atoms with Crippen molar-refractivity contribution in [2.24, 2.45) is 0 Å². The van der Waals surface area contributed by atoms with Crippen molar-refractivity contribution in [1.29, 1.82) is 0 Å². The molecule has 0 aliphatic rings. The molecule has 3 aromatic rings. The topological polar surface area (TPSA) is 83.8 Å². The number of H-pyrrole nitrogens is 1. The van der Waals surface area contributed by atoms with E-state index in [0.29, 0.717) is 23.1 Å². The van der Waals surface area contributed by atoms with Crippen LogP contribution in [-0.4, -0.2) is 15.9 Å². The molecule has 5 nitrogen and oxygen atoms in total. The predicted octanol–water partition coefficient (Wildman–Crippen LogP) is 4.17. The molecular weight excluding hydrogens is 348 g/mol. The van der Waals surface area contributed by atoms with Crippen LogP contribution < -0.4 is 11.1 Å². The lowest BCUT2D eigenvalue weighted by molar-refractivity contribution is 0.0946. The molecule has 0 unspecified atom stereocenters. The minimum Gasteiger partial charge on any atom is -0.384 e. The molecule has 0 aliphatic heterocycles. The van der Waals surface area contributed by atoms with Gasteiger partial charge in [0.05, 0.1) is 0 Å². The smallest absolute Gasteiger partial charge is 0.268 e. The van der Waals surface area contributed by atoms with Gasteiger partial charge in [-0.15, -0.1) is 0 Å². The molecule has 3 rings (SSSR count). The van der Waals surface area contributed by atoms with E-state index in [9.17, 15) is 4.79 Å². The van der Waals surface area contributed by atoms with Gasteiger partial charge in [-0.25, -0.2) is 4.98 Å². The number of aryl methyl sites for hydroxylation is 2. The number of carbonyl (C=O) groups excluding carboxylic acids is 1. The molecule has 0 radical (unpaired) electrons. The number of hydrogen-bond acceptors (Lipinski definition) is 3. The normalized spacial score (nSPS) is 10.8. The third kappa shape index (κ3) is 3.58. The molecule has 0 saturated heterocycles. The summed E-state index contributed by atoms with van der Waals surface area (Å²) in [7, 11) is 0. The first-order valence-corrected chi connectivity index (χ1v) is 8.69. The highest BCUT2D eigenvalue weighted by atomic mass is 35.5. The van der Waals surface area contributed by atoms with Crippen molar-refractivity contribution < 1.29 is 4.79 Å². The number of nitrogens with two attached hydrogens (primary N) is 1. The summed E-state index contributed by atoms with van der Waals surface area (Å²) < 4.78 is 0. The number of pyridine rings is 1. The first-order valence-electron chi connectivity index (χ1n) is 8.31. The van der Waals surface area contributed by atoms with Crippen molar-refractivity contribution in [3.05, 3.63) is 69.6 Å². The molecule has 0 spiro atoms. The van der Waals surface area contributed by atoms with Crippen LogP contribution in [0.25, 0.3) is 11.1 Å². The van der Waals surface area contributed by atoms with Gasteiger partial charge >= 0.3 is 0 Å². The second-order valence-corrected chi connectivity index (χ2v) is 6.80. The molecule has 0 saturated carbocycles. The van der Waals surface area contributed by atoms with E-state index >= 15 is 0 Å². The maximum atomic E-state index is 12.7. The SMILES string of the molecule is Cc1cnc(N)cc1-c1c(C)[nH]c(C(=O)NCc2cccc(Cl)c2)c1C. The molecule has 4 N–H and O–H groups in total. The largest absolute Gasteiger partial charge is 0.384 e. The van der Waals surface area contributed by atoms with E-state index in [1.54, 1.807) is 12.3 Å². The fourth-order valence-corrected chi connectivity index (χ4v) is 3.32. The molecular formula is C20H21ClN4O. The van der Waals surface area contributed by atoms with Crippen LogP contribution in [0.5, 0.6) is 0 Å². The summed E-state index contributed by atoms with van der Waals surface area (Å²) in [6.07, 6.45) is 1.75. The Kier molecular flexibility index (Phi) is 5.00. The number of nitrogens with one attached hydrogen (secondary N) is 2. The number of nitrogens with zero attached hydrogens (tertiary/aromatic N) is 1. The number of carbonyl (C=O) groups is 1. The Balaban J connectivity index is 1.87. The van der Waals surface area contributed by atoms with Gasteiger partial charge in [-0.2, -0.15) is 0 Å². The monoisotopic (exact) mass is 368 g/mol. The standard InChI is InChI=1S/C20H21ClN4O/c1-11-9-23-17(22)8-16(11)18-12(2)19(25-13(18)3)20(26)24-10-14-5-4-6-15(21)7-14/h4-9,25H,10H2,1-3H3,(H2,22,23)(H,24,26). The quantitative estimate of drug-likeness (QED) is 0.646. The molecule has 1 aromatic carbocycles. The third-order valence-electron chi connectivity index (χ3n) is 4.40. The Hall–Kier alpha value is -2.79. The van der Waals surface area contributed by atoms with E-state index in [0.717, 1.165) is 33.5 Å². The molecule has 26 heavy (non-hydrogen) atoms. The Morgan fingerprint density at radius 3 is 2.77 bits per heavy atom. The van der Waals surface area contributed by atoms with Crippen molar-refractivity contribution >= 4 is 23.3 Å². The maximum absolute atomic E-state index is 12.7. The van der Waals surface area contributed by atoms with Crippen molar-refractivity contribution in [3.63, 3.8) is 0 Å². The van der Waals surface area contributed by atoms with E-state index in [1.807, 2.05) is 45.0 Å². The van der Waals surface area contributed by atoms with Gasteiger partial charge in [-0.05, 0) is 61.2 Å². The highest BCUT2D eigenvalue weighted by Gasteiger charge is 2.19. The van der Waals surface area contributed by atoms with Crippen LogP contribution in [0, 0.1) is 20.8 Å². The fourth-order valence-electron chi connectivity index (χ4n) is 3.11. The summed E-state index contributed by atoms with van der Waals surface area (Å²) >= 11 is 5.99. The zero-order chi connectivity index (χ0) is 18.8. The molecule has 0 aliphatic carbocycles. The number of anilines is 1. The van der Waals surface area contributed by atoms with E-state index in [-0.39, 0.29) is 5.91 Å². The van der Waals surface area contributed by atoms with Crippen LogP contribution in [0.2, 0.25) is 5.02 Å². The second kappa shape index (κ2) is 7.22. The fraction of sp³-hybridized carbons (Fsp3) is 0.200. The van der Waals surface area contributed by atoms with Gasteiger partial charge in [0.25, 0.3) is 5.91 Å². The number of aromatic nitrogens is 2. The molecule has 0 fully saturated rings. The van der Waals surface area contributed by atoms with Crippen molar-refractivity contribution in [1.82, 2.24) is 15.3 Å². The number of benzene rings is 1. The molecule has 0 atom stereocenters. The van der Waals surface area contributed by atoms with Gasteiger partial charge in [-0.1, -0.05) is 23.7 Å². The van der Waals surface area contributed by atoms with Crippen LogP contribution in [0.1, 0.15) is 32.9 Å². The summed E-state index contributed by atoms with van der Waals surface area (Å²) in [6.45, 7) is 6.27. The molecule has 2 aromatic heterocycles. The number of halogens is 1. The summed E-state index contributed by atoms with van der Waals surface area (Å²) in [6, 6.07) is 9.27. The van der Waals surface area contributed by atoms with Crippen LogP contribution in [0.3, 0.4) is 0 Å². The summed E-state index contributed by atoms with van der Waals surface area (Å²) in [5.41, 5.74) is 12.1. The van der Waals surface area contributed by atoms with E-state index in [2.05, 4.69) is 15.3 Å². The number of rotatable bonds is 4. The minimum absolute atomic E-state index is 0.156. The number of aromatic amines is 1. The second-order valence-electron chi connectivity index (χ2n) is 6.36. The van der Waals surface area contributed by atoms with Crippen molar-refractivity contribution in [2.45, 2.75) is 27.3 Å². The molecule has 0 bridgehead atoms. The first kappa shape index (κ1) is 18.0. The van der Waals surface area contributed by atoms with E-state index < -0.39 is 0 Å². The summed E-state index contributed by atoms with van der Waals surface area (Å²) in [4.78, 5) is 20.0. The molecule has 134 valence electrons. The highest BCUT2D eigenvalue weighted by molar-refractivity contribution is 6.30. The van der Waals surface area contributed by atoms with Gasteiger partial charge in [0.1, 0.15) is 11.5 Å². The zero-order valence-electron chi connectivity index (χ0n) is 15.0. The highest BCUT2D eigenvalue weighted by Crippen LogP contribution is 2.32. The van der Waals surface area contributed by atoms with Crippen LogP contribution >= 0.6 is 11.6 Å². The lowest BCUT2D eigenvalue weighted by atomic mass is 9.98. The maximum Gasteiger partial charge on any atom is 0.268 e. The van der Waals surface area contributed by atoms with Gasteiger partial charge in [0, 0.05) is 29.0 Å². The van der Waals surface area contributed by atoms with E-state index in [1.165, 1.54) is 0 Å². The van der Waals surface area contributed by atoms with Crippen molar-refractivity contribution in [3.8, 4) is 11.1 Å². The average Bonchev–Trinajstić information content (AvgIpc) is 2.90. The van der Waals surface area contributed by atoms with Gasteiger partial charge < -0.3 is 16.0 Å². The Morgan fingerprint density at radius 1 is 1.27 bits per heavy atom.